The maximum absolute atomic E-state index is 15.5. The summed E-state index contributed by atoms with van der Waals surface area (Å²) in [5, 5.41) is 8.12. The lowest BCUT2D eigenvalue weighted by molar-refractivity contribution is 0.0824. The summed E-state index contributed by atoms with van der Waals surface area (Å²) in [5.74, 6) is -0.477. The highest BCUT2D eigenvalue weighted by Crippen LogP contribution is 2.54. The van der Waals surface area contributed by atoms with E-state index in [9.17, 15) is 4.79 Å². The van der Waals surface area contributed by atoms with Crippen molar-refractivity contribution in [1.82, 2.24) is 24.6 Å². The largest absolute Gasteiger partial charge is 0.398 e. The Labute approximate surface area is 189 Å². The zero-order valence-electron chi connectivity index (χ0n) is 17.8. The first-order valence-corrected chi connectivity index (χ1v) is 10.8. The number of aromatic nitrogens is 4. The van der Waals surface area contributed by atoms with E-state index >= 15 is 4.39 Å². The fraction of sp³-hybridized carbons (Fsp3) is 0.364. The van der Waals surface area contributed by atoms with E-state index in [1.165, 1.54) is 17.3 Å². The van der Waals surface area contributed by atoms with Crippen molar-refractivity contribution in [3.8, 4) is 11.1 Å². The molecule has 2 aliphatic rings. The zero-order chi connectivity index (χ0) is 22.6. The maximum Gasteiger partial charge on any atom is 0.258 e. The molecule has 2 atom stereocenters. The zero-order valence-corrected chi connectivity index (χ0v) is 18.5. The summed E-state index contributed by atoms with van der Waals surface area (Å²) in [4.78, 5) is 22.4. The van der Waals surface area contributed by atoms with Crippen molar-refractivity contribution >= 4 is 29.0 Å². The molecule has 32 heavy (non-hydrogen) atoms. The molecule has 2 aromatic heterocycles. The lowest BCUT2D eigenvalue weighted by atomic mass is 9.80. The van der Waals surface area contributed by atoms with Gasteiger partial charge in [-0.3, -0.25) is 4.79 Å². The molecule has 3 heterocycles. The molecule has 3 aromatic rings. The summed E-state index contributed by atoms with van der Waals surface area (Å²) in [6, 6.07) is 3.29. The average Bonchev–Trinajstić information content (AvgIpc) is 3.50. The van der Waals surface area contributed by atoms with Crippen LogP contribution in [0.25, 0.3) is 11.1 Å². The first kappa shape index (κ1) is 20.7. The smallest absolute Gasteiger partial charge is 0.258 e. The number of rotatable bonds is 3. The van der Waals surface area contributed by atoms with Crippen LogP contribution in [0.4, 0.5) is 15.9 Å². The molecule has 5 rings (SSSR count). The topological polar surface area (TPSA) is 102 Å². The van der Waals surface area contributed by atoms with Gasteiger partial charge in [0.2, 0.25) is 0 Å². The van der Waals surface area contributed by atoms with Crippen molar-refractivity contribution in [1.29, 1.82) is 0 Å². The second kappa shape index (κ2) is 7.44. The summed E-state index contributed by atoms with van der Waals surface area (Å²) in [7, 11) is 3.11. The van der Waals surface area contributed by atoms with Gasteiger partial charge in [0.25, 0.3) is 5.91 Å². The minimum absolute atomic E-state index is 0.0831. The van der Waals surface area contributed by atoms with Crippen LogP contribution >= 0.6 is 11.6 Å². The van der Waals surface area contributed by atoms with Crippen LogP contribution in [0.2, 0.25) is 5.02 Å². The number of fused-ring (bicyclic) bond motifs is 2. The second-order valence-electron chi connectivity index (χ2n) is 8.71. The molecule has 8 nitrogen and oxygen atoms in total. The lowest BCUT2D eigenvalue weighted by Gasteiger charge is -2.25. The minimum atomic E-state index is -0.695. The molecule has 10 heteroatoms. The van der Waals surface area contributed by atoms with E-state index < -0.39 is 11.7 Å². The van der Waals surface area contributed by atoms with E-state index in [2.05, 4.69) is 20.4 Å². The summed E-state index contributed by atoms with van der Waals surface area (Å²) in [6.07, 6.45) is 7.48. The number of nitrogen functional groups attached to an aromatic ring is 1. The van der Waals surface area contributed by atoms with E-state index in [-0.39, 0.29) is 28.3 Å². The van der Waals surface area contributed by atoms with Crippen LogP contribution < -0.4 is 11.1 Å². The van der Waals surface area contributed by atoms with Crippen molar-refractivity contribution < 1.29 is 9.18 Å². The maximum atomic E-state index is 15.5. The van der Waals surface area contributed by atoms with E-state index in [0.717, 1.165) is 30.6 Å². The summed E-state index contributed by atoms with van der Waals surface area (Å²) in [5.41, 5.74) is 7.18. The molecule has 1 fully saturated rings. The van der Waals surface area contributed by atoms with Crippen LogP contribution in [0, 0.1) is 5.82 Å². The Morgan fingerprint density at radius 3 is 2.91 bits per heavy atom. The molecular formula is C22H23ClFN7O. The van der Waals surface area contributed by atoms with Gasteiger partial charge in [-0.15, -0.1) is 0 Å². The number of nitrogens with two attached hydrogens (primary N) is 1. The van der Waals surface area contributed by atoms with Gasteiger partial charge in [0.05, 0.1) is 16.6 Å². The summed E-state index contributed by atoms with van der Waals surface area (Å²) in [6.45, 7) is 0.707. The van der Waals surface area contributed by atoms with Gasteiger partial charge < -0.3 is 16.0 Å². The standard InChI is InChI=1S/C22H23ClFN7O/c1-30(2)21(32)16-15(25)4-3-13(19(16)24)14-8-27-20-17(18(14)23)22(9-28-20)6-5-12(7-22)31-11-26-10-29-31/h3-4,8,10-12H,5-7,9,25H2,1-2H3,(H,27,28)/t12-,22-/m1/s1. The van der Waals surface area contributed by atoms with Gasteiger partial charge in [-0.2, -0.15) is 5.10 Å². The fourth-order valence-corrected chi connectivity index (χ4v) is 5.43. The molecular weight excluding hydrogens is 433 g/mol. The van der Waals surface area contributed by atoms with Crippen molar-refractivity contribution in [2.45, 2.75) is 30.7 Å². The monoisotopic (exact) mass is 455 g/mol. The molecule has 1 saturated carbocycles. The fourth-order valence-electron chi connectivity index (χ4n) is 4.99. The van der Waals surface area contributed by atoms with Gasteiger partial charge in [0.1, 0.15) is 24.3 Å². The highest BCUT2D eigenvalue weighted by atomic mass is 35.5. The first-order chi connectivity index (χ1) is 15.3. The van der Waals surface area contributed by atoms with Crippen LogP contribution in [0.3, 0.4) is 0 Å². The molecule has 166 valence electrons. The van der Waals surface area contributed by atoms with E-state index in [1.54, 1.807) is 32.7 Å². The molecule has 1 amide bonds. The summed E-state index contributed by atoms with van der Waals surface area (Å²) >= 11 is 6.93. The molecule has 1 aliphatic heterocycles. The molecule has 0 unspecified atom stereocenters. The van der Waals surface area contributed by atoms with Crippen molar-refractivity contribution in [2.75, 3.05) is 31.7 Å². The number of nitrogens with zero attached hydrogens (tertiary/aromatic N) is 5. The quantitative estimate of drug-likeness (QED) is 0.586. The Morgan fingerprint density at radius 1 is 1.38 bits per heavy atom. The van der Waals surface area contributed by atoms with Crippen molar-refractivity contribution in [2.24, 2.45) is 0 Å². The number of nitrogens with one attached hydrogen (secondary N) is 1. The molecule has 3 N–H and O–H groups in total. The molecule has 1 aromatic carbocycles. The Bertz CT molecular complexity index is 1210. The SMILES string of the molecule is CN(C)C(=O)c1c(N)ccc(-c2cnc3c(c2Cl)[C@@]2(CC[C@@H](n4cncn4)C2)CN3)c1F. The third kappa shape index (κ3) is 3.02. The highest BCUT2D eigenvalue weighted by Gasteiger charge is 2.48. The number of hydrogen-bond acceptors (Lipinski definition) is 6. The number of anilines is 2. The second-order valence-corrected chi connectivity index (χ2v) is 9.08. The Morgan fingerprint density at radius 2 is 2.19 bits per heavy atom. The lowest BCUT2D eigenvalue weighted by Crippen LogP contribution is -2.26. The highest BCUT2D eigenvalue weighted by molar-refractivity contribution is 6.34. The number of carbonyl (C=O) groups excluding carboxylic acids is 1. The molecule has 0 radical (unpaired) electrons. The van der Waals surface area contributed by atoms with Crippen molar-refractivity contribution in [3.05, 3.63) is 53.0 Å². The number of hydrogen-bond donors (Lipinski definition) is 2. The number of pyridine rings is 1. The number of benzene rings is 1. The van der Waals surface area contributed by atoms with Gasteiger partial charge in [0.15, 0.2) is 0 Å². The van der Waals surface area contributed by atoms with Crippen molar-refractivity contribution in [3.63, 3.8) is 0 Å². The number of amides is 1. The molecule has 1 spiro atoms. The van der Waals surface area contributed by atoms with Gasteiger partial charge in [-0.05, 0) is 31.4 Å². The van der Waals surface area contributed by atoms with Crippen LogP contribution in [-0.2, 0) is 5.41 Å². The Balaban J connectivity index is 1.60. The normalized spacial score (nSPS) is 21.6. The van der Waals surface area contributed by atoms with E-state index in [1.807, 2.05) is 4.68 Å². The molecule has 0 bridgehead atoms. The molecule has 0 saturated heterocycles. The number of carbonyl (C=O) groups is 1. The predicted octanol–water partition coefficient (Wildman–Crippen LogP) is 3.51. The average molecular weight is 456 g/mol. The third-order valence-corrected chi connectivity index (χ3v) is 7.01. The van der Waals surface area contributed by atoms with E-state index in [4.69, 9.17) is 17.3 Å². The van der Waals surface area contributed by atoms with Gasteiger partial charge >= 0.3 is 0 Å². The summed E-state index contributed by atoms with van der Waals surface area (Å²) < 4.78 is 17.4. The van der Waals surface area contributed by atoms with Crippen LogP contribution in [0.15, 0.2) is 31.0 Å². The van der Waals surface area contributed by atoms with Crippen LogP contribution in [0.5, 0.6) is 0 Å². The number of halogens is 2. The Hall–Kier alpha value is -3.20. The molecule has 1 aliphatic carbocycles. The van der Waals surface area contributed by atoms with E-state index in [0.29, 0.717) is 17.1 Å². The van der Waals surface area contributed by atoms with Crippen LogP contribution in [-0.4, -0.2) is 51.2 Å². The predicted molar refractivity (Wildman–Crippen MR) is 120 cm³/mol. The third-order valence-electron chi connectivity index (χ3n) is 6.62. The Kier molecular flexibility index (Phi) is 4.81. The van der Waals surface area contributed by atoms with Gasteiger partial charge in [-0.25, -0.2) is 19.0 Å². The minimum Gasteiger partial charge on any atom is -0.398 e. The van der Waals surface area contributed by atoms with Gasteiger partial charge in [-0.1, -0.05) is 11.6 Å². The van der Waals surface area contributed by atoms with Crippen LogP contribution in [0.1, 0.15) is 41.2 Å². The van der Waals surface area contributed by atoms with Gasteiger partial charge in [0, 0.05) is 54.6 Å². The first-order valence-electron chi connectivity index (χ1n) is 10.4.